The summed E-state index contributed by atoms with van der Waals surface area (Å²) in [4.78, 5) is 39.0. The normalized spacial score (nSPS) is 16.4. The van der Waals surface area contributed by atoms with Crippen LogP contribution < -0.4 is 10.1 Å². The lowest BCUT2D eigenvalue weighted by molar-refractivity contribution is -0.126. The van der Waals surface area contributed by atoms with E-state index in [1.807, 2.05) is 47.5 Å². The Kier molecular flexibility index (Phi) is 8.45. The third-order valence-corrected chi connectivity index (χ3v) is 6.70. The molecular weight excluding hydrogens is 492 g/mol. The zero-order chi connectivity index (χ0) is 26.5. The van der Waals surface area contributed by atoms with Crippen molar-refractivity contribution < 1.29 is 14.3 Å². The number of aromatic nitrogens is 3. The molecular formula is C27H33ClN6O3. The number of methoxy groups -OCH3 is 1. The molecule has 1 aliphatic heterocycles. The Morgan fingerprint density at radius 1 is 1.27 bits per heavy atom. The number of likely N-dealkylation sites (tertiary alicyclic amines) is 1. The van der Waals surface area contributed by atoms with E-state index >= 15 is 0 Å². The van der Waals surface area contributed by atoms with Gasteiger partial charge in [0, 0.05) is 49.2 Å². The zero-order valence-corrected chi connectivity index (χ0v) is 22.5. The van der Waals surface area contributed by atoms with Gasteiger partial charge >= 0.3 is 0 Å². The average Bonchev–Trinajstić information content (AvgIpc) is 3.02. The number of anilines is 1. The van der Waals surface area contributed by atoms with E-state index in [0.29, 0.717) is 47.4 Å². The number of rotatable bonds is 7. The maximum absolute atomic E-state index is 13.2. The second-order valence-electron chi connectivity index (χ2n) is 9.52. The van der Waals surface area contributed by atoms with Crippen LogP contribution in [-0.2, 0) is 4.79 Å². The summed E-state index contributed by atoms with van der Waals surface area (Å²) in [6.45, 7) is 3.71. The first-order valence-electron chi connectivity index (χ1n) is 12.4. The fourth-order valence-electron chi connectivity index (χ4n) is 4.57. The van der Waals surface area contributed by atoms with E-state index < -0.39 is 0 Å². The van der Waals surface area contributed by atoms with Crippen LogP contribution in [0.1, 0.15) is 41.4 Å². The van der Waals surface area contributed by atoms with Crippen LogP contribution in [0.25, 0.3) is 11.0 Å². The van der Waals surface area contributed by atoms with Crippen LogP contribution in [-0.4, -0.2) is 77.0 Å². The number of benzene rings is 1. The van der Waals surface area contributed by atoms with Gasteiger partial charge in [0.05, 0.1) is 29.2 Å². The topological polar surface area (TPSA) is 92.6 Å². The van der Waals surface area contributed by atoms with Gasteiger partial charge in [-0.15, -0.1) is 0 Å². The van der Waals surface area contributed by atoms with Crippen molar-refractivity contribution in [2.75, 3.05) is 46.2 Å². The lowest BCUT2D eigenvalue weighted by Crippen LogP contribution is -2.34. The number of ether oxygens (including phenoxy) is 1. The molecule has 3 aromatic rings. The SMILES string of the molecule is COc1cc2nc(NC(=O)c3ccnc(C)c3)n(C3CCCCN(C(=O)C=CCN(C)C)C3)c2cc1Cl. The maximum Gasteiger partial charge on any atom is 0.258 e. The standard InChI is InChI=1S/C27H33ClN6O3/c1-18-14-19(10-11-29-18)26(36)31-27-30-22-16-24(37-4)21(28)15-23(22)34(27)20-8-5-6-13-33(17-20)25(35)9-7-12-32(2)3/h7,9-11,14-16,20H,5-6,8,12-13,17H2,1-4H3,(H,30,31,36). The Balaban J connectivity index is 1.71. The Hall–Kier alpha value is -3.43. The molecule has 0 saturated carbocycles. The number of halogens is 1. The van der Waals surface area contributed by atoms with E-state index in [0.717, 1.165) is 30.5 Å². The smallest absolute Gasteiger partial charge is 0.258 e. The molecule has 0 spiro atoms. The molecule has 2 aromatic heterocycles. The Labute approximate surface area is 222 Å². The Morgan fingerprint density at radius 3 is 2.81 bits per heavy atom. The van der Waals surface area contributed by atoms with E-state index in [4.69, 9.17) is 21.3 Å². The van der Waals surface area contributed by atoms with Crippen molar-refractivity contribution in [3.05, 3.63) is 58.9 Å². The molecule has 1 aliphatic rings. The molecule has 0 aliphatic carbocycles. The first kappa shape index (κ1) is 26.6. The Bertz CT molecular complexity index is 1320. The molecule has 37 heavy (non-hydrogen) atoms. The van der Waals surface area contributed by atoms with Crippen LogP contribution in [0.3, 0.4) is 0 Å². The van der Waals surface area contributed by atoms with E-state index in [-0.39, 0.29) is 17.9 Å². The monoisotopic (exact) mass is 524 g/mol. The van der Waals surface area contributed by atoms with Crippen molar-refractivity contribution in [1.29, 1.82) is 0 Å². The maximum atomic E-state index is 13.2. The van der Waals surface area contributed by atoms with Crippen molar-refractivity contribution in [3.8, 4) is 5.75 Å². The molecule has 2 amide bonds. The molecule has 0 bridgehead atoms. The lowest BCUT2D eigenvalue weighted by Gasteiger charge is -2.26. The number of fused-ring (bicyclic) bond motifs is 1. The number of nitrogens with zero attached hydrogens (tertiary/aromatic N) is 5. The largest absolute Gasteiger partial charge is 0.495 e. The highest BCUT2D eigenvalue weighted by Gasteiger charge is 2.27. The number of amides is 2. The third kappa shape index (κ3) is 6.29. The minimum atomic E-state index is -0.284. The van der Waals surface area contributed by atoms with E-state index in [9.17, 15) is 9.59 Å². The minimum Gasteiger partial charge on any atom is -0.495 e. The predicted molar refractivity (Wildman–Crippen MR) is 145 cm³/mol. The number of carbonyl (C=O) groups is 2. The van der Waals surface area contributed by atoms with Crippen molar-refractivity contribution >= 4 is 40.4 Å². The van der Waals surface area contributed by atoms with Crippen LogP contribution in [0.4, 0.5) is 5.95 Å². The molecule has 1 atom stereocenters. The van der Waals surface area contributed by atoms with Crippen molar-refractivity contribution in [3.63, 3.8) is 0 Å². The molecule has 196 valence electrons. The third-order valence-electron chi connectivity index (χ3n) is 6.40. The summed E-state index contributed by atoms with van der Waals surface area (Å²) >= 11 is 6.50. The highest BCUT2D eigenvalue weighted by Crippen LogP contribution is 2.35. The fourth-order valence-corrected chi connectivity index (χ4v) is 4.81. The number of pyridine rings is 1. The quantitative estimate of drug-likeness (QED) is 0.463. The molecule has 4 rings (SSSR count). The number of imidazole rings is 1. The first-order chi connectivity index (χ1) is 17.8. The summed E-state index contributed by atoms with van der Waals surface area (Å²) in [6.07, 6.45) is 7.81. The molecule has 9 nitrogen and oxygen atoms in total. The summed E-state index contributed by atoms with van der Waals surface area (Å²) in [7, 11) is 5.48. The zero-order valence-electron chi connectivity index (χ0n) is 21.7. The molecule has 1 aromatic carbocycles. The molecule has 3 heterocycles. The number of hydrogen-bond donors (Lipinski definition) is 1. The predicted octanol–water partition coefficient (Wildman–Crippen LogP) is 4.33. The average molecular weight is 525 g/mol. The van der Waals surface area contributed by atoms with E-state index in [1.54, 1.807) is 37.6 Å². The summed E-state index contributed by atoms with van der Waals surface area (Å²) in [5, 5.41) is 3.44. The number of likely N-dealkylation sites (N-methyl/N-ethyl adjacent to an activating group) is 1. The molecule has 1 N–H and O–H groups in total. The van der Waals surface area contributed by atoms with Crippen molar-refractivity contribution in [1.82, 2.24) is 24.3 Å². The first-order valence-corrected chi connectivity index (χ1v) is 12.7. The van der Waals surface area contributed by atoms with Crippen LogP contribution in [0.2, 0.25) is 5.02 Å². The van der Waals surface area contributed by atoms with Crippen LogP contribution >= 0.6 is 11.6 Å². The van der Waals surface area contributed by atoms with Gasteiger partial charge in [0.15, 0.2) is 0 Å². The summed E-state index contributed by atoms with van der Waals surface area (Å²) < 4.78 is 7.40. The van der Waals surface area contributed by atoms with Crippen molar-refractivity contribution in [2.45, 2.75) is 32.2 Å². The minimum absolute atomic E-state index is 0.0179. The molecule has 1 unspecified atom stereocenters. The van der Waals surface area contributed by atoms with Gasteiger partial charge in [-0.2, -0.15) is 0 Å². The van der Waals surface area contributed by atoms with Gasteiger partial charge < -0.3 is 19.1 Å². The highest BCUT2D eigenvalue weighted by molar-refractivity contribution is 6.32. The molecule has 1 saturated heterocycles. The van der Waals surface area contributed by atoms with Gasteiger partial charge in [-0.1, -0.05) is 17.7 Å². The van der Waals surface area contributed by atoms with Crippen LogP contribution in [0, 0.1) is 6.92 Å². The van der Waals surface area contributed by atoms with Crippen LogP contribution in [0.5, 0.6) is 5.75 Å². The van der Waals surface area contributed by atoms with Crippen LogP contribution in [0.15, 0.2) is 42.6 Å². The number of carbonyl (C=O) groups excluding carboxylic acids is 2. The Morgan fingerprint density at radius 2 is 2.08 bits per heavy atom. The van der Waals surface area contributed by atoms with Gasteiger partial charge in [-0.05, 0) is 58.5 Å². The lowest BCUT2D eigenvalue weighted by atomic mass is 10.1. The van der Waals surface area contributed by atoms with E-state index in [1.165, 1.54) is 0 Å². The summed E-state index contributed by atoms with van der Waals surface area (Å²) in [5.74, 6) is 0.607. The van der Waals surface area contributed by atoms with Gasteiger partial charge in [0.2, 0.25) is 11.9 Å². The number of aryl methyl sites for hydroxylation is 1. The van der Waals surface area contributed by atoms with Gasteiger partial charge in [-0.3, -0.25) is 19.9 Å². The van der Waals surface area contributed by atoms with Gasteiger partial charge in [0.25, 0.3) is 5.91 Å². The summed E-state index contributed by atoms with van der Waals surface area (Å²) in [6, 6.07) is 6.88. The van der Waals surface area contributed by atoms with Gasteiger partial charge in [-0.25, -0.2) is 4.98 Å². The number of nitrogens with one attached hydrogen (secondary N) is 1. The van der Waals surface area contributed by atoms with Gasteiger partial charge in [0.1, 0.15) is 5.75 Å². The number of hydrogen-bond acceptors (Lipinski definition) is 6. The summed E-state index contributed by atoms with van der Waals surface area (Å²) in [5.41, 5.74) is 2.66. The van der Waals surface area contributed by atoms with E-state index in [2.05, 4.69) is 10.3 Å². The second-order valence-corrected chi connectivity index (χ2v) is 9.93. The molecule has 1 fully saturated rings. The molecule has 0 radical (unpaired) electrons. The van der Waals surface area contributed by atoms with Crippen molar-refractivity contribution in [2.24, 2.45) is 0 Å². The molecule has 10 heteroatoms. The fraction of sp³-hybridized carbons (Fsp3) is 0.407. The highest BCUT2D eigenvalue weighted by atomic mass is 35.5. The second kappa shape index (κ2) is 11.7.